The lowest BCUT2D eigenvalue weighted by atomic mass is 9.99. The zero-order chi connectivity index (χ0) is 97.1. The summed E-state index contributed by atoms with van der Waals surface area (Å²) in [6, 6.07) is 51.6. The molecular formula is C99H91Cl4IN18O13. The number of amides is 3. The van der Waals surface area contributed by atoms with Crippen LogP contribution < -0.4 is 16.8 Å². The number of Topliss-reactive ketones (excluding diaryl/α,β-unsaturated/α-hetero) is 1. The molecule has 10 aromatic heterocycles. The number of hydrogen-bond acceptors (Lipinski definition) is 25. The van der Waals surface area contributed by atoms with Crippen LogP contribution in [0.1, 0.15) is 126 Å². The van der Waals surface area contributed by atoms with E-state index < -0.39 is 17.5 Å². The van der Waals surface area contributed by atoms with E-state index in [0.717, 1.165) is 121 Å². The maximum absolute atomic E-state index is 12.7. The number of nitrogens with zero attached hydrogens (tertiary/aromatic N) is 12. The number of nitrogen functional groups attached to an aromatic ring is 2. The summed E-state index contributed by atoms with van der Waals surface area (Å²) < 4.78 is 25.0. The number of benzene rings is 5. The second-order valence-corrected chi connectivity index (χ2v) is 34.1. The predicted molar refractivity (Wildman–Crippen MR) is 529 cm³/mol. The molecule has 12 heterocycles. The van der Waals surface area contributed by atoms with Crippen molar-refractivity contribution in [2.24, 2.45) is 0 Å². The highest BCUT2D eigenvalue weighted by Crippen LogP contribution is 2.38. The Morgan fingerprint density at radius 1 is 0.519 bits per heavy atom. The first-order valence-corrected chi connectivity index (χ1v) is 44.2. The Morgan fingerprint density at radius 2 is 0.941 bits per heavy atom. The second kappa shape index (κ2) is 45.1. The lowest BCUT2D eigenvalue weighted by molar-refractivity contribution is -0.125. The molecule has 0 spiro atoms. The quantitative estimate of drug-likeness (QED) is 0.0131. The number of nitrogens with one attached hydrogen (secondary N) is 4. The summed E-state index contributed by atoms with van der Waals surface area (Å²) in [5, 5.41) is 28.4. The maximum Gasteiger partial charge on any atom is 0.410 e. The number of ether oxygens (including phenoxy) is 5. The smallest absolute Gasteiger partial charge is 0.410 e. The number of aromatic amines is 3. The molecule has 0 bridgehead atoms. The van der Waals surface area contributed by atoms with Crippen LogP contribution in [0.3, 0.4) is 0 Å². The molecule has 3 amide bonds. The van der Waals surface area contributed by atoms with Crippen LogP contribution in [0.4, 0.5) is 21.9 Å². The summed E-state index contributed by atoms with van der Waals surface area (Å²) in [5.74, 6) is -1.62. The standard InChI is InChI=1S/C26H23N5O2.C23H24N4O4.C16H15ClN2O3.C14H10ClN3O2.C14H13ClN2O2.C6H6ClIN2/c1-2-24(33)31-12-10-19(16-31)22-13-20-15-28-30-26(20)25(29-22)18-8-6-17(7-9-18)23(32)14-21-5-3-4-11-27-21;1-23(2,3)31-22(29)27-10-9-16(13-27)18-11-17-12-24-26-20(17)19(25-18)14-5-7-15(8-6-14)21(28)30-4;1-9-8-13(17)19-15(14(9)18-10(2)20)11-4-6-12(7-5-11)16(21)22-3;1-20-14(19)9-4-2-8(3-5-9)12-13-10(7-16-18-13)6-11(15)17-12;1-8-7-11(15)17-13(12(8)16)9-3-5-10(6-4-9)14(18)19-2;1-3-2-4(7)10-6(8)5(3)9/h2-9,11,13,15,19H,1,10,12,14,16H2,(H,28,30);5-9,11-12H,10,13H2,1-4H3,(H,24,26);4-8H,1-3H3,(H,18,20);2-7H,1H3,(H,16,18);3-7H,16H2,1-2H3;2H,9H2,1H3. The Hall–Kier alpha value is -14.7. The van der Waals surface area contributed by atoms with Gasteiger partial charge in [0.2, 0.25) is 11.8 Å². The van der Waals surface area contributed by atoms with E-state index in [9.17, 15) is 38.4 Å². The highest BCUT2D eigenvalue weighted by atomic mass is 127. The number of fused-ring (bicyclic) bond motifs is 3. The fourth-order valence-corrected chi connectivity index (χ4v) is 15.9. The topological polar surface area (TPSA) is 430 Å². The van der Waals surface area contributed by atoms with Gasteiger partial charge < -0.3 is 50.3 Å². The van der Waals surface area contributed by atoms with Crippen molar-refractivity contribution in [2.75, 3.05) is 71.4 Å². The van der Waals surface area contributed by atoms with Gasteiger partial charge >= 0.3 is 30.0 Å². The van der Waals surface area contributed by atoms with Gasteiger partial charge in [-0.1, -0.05) is 138 Å². The zero-order valence-electron chi connectivity index (χ0n) is 75.0. The Bertz CT molecular complexity index is 6940. The first-order valence-electron chi connectivity index (χ1n) is 41.6. The molecule has 1 atom stereocenters. The van der Waals surface area contributed by atoms with Crippen molar-refractivity contribution < 1.29 is 62.0 Å². The van der Waals surface area contributed by atoms with Gasteiger partial charge in [-0.25, -0.2) is 48.9 Å². The second-order valence-electron chi connectivity index (χ2n) is 31.5. The van der Waals surface area contributed by atoms with Crippen molar-refractivity contribution in [3.8, 4) is 56.3 Å². The van der Waals surface area contributed by atoms with Crippen LogP contribution in [0.2, 0.25) is 20.6 Å². The summed E-state index contributed by atoms with van der Waals surface area (Å²) >= 11 is 25.7. The number of aromatic nitrogens is 13. The van der Waals surface area contributed by atoms with Gasteiger partial charge in [0.25, 0.3) is 0 Å². The van der Waals surface area contributed by atoms with Crippen LogP contribution in [0.15, 0.2) is 219 Å². The molecule has 15 aromatic rings. The average molecular weight is 2010 g/mol. The maximum atomic E-state index is 12.7. The predicted octanol–water partition coefficient (Wildman–Crippen LogP) is 19.8. The van der Waals surface area contributed by atoms with Crippen LogP contribution in [0.5, 0.6) is 0 Å². The fourth-order valence-electron chi connectivity index (χ4n) is 14.1. The van der Waals surface area contributed by atoms with Gasteiger partial charge in [-0.2, -0.15) is 15.3 Å². The van der Waals surface area contributed by atoms with Crippen molar-refractivity contribution in [3.63, 3.8) is 0 Å². The molecule has 1 unspecified atom stereocenters. The van der Waals surface area contributed by atoms with Gasteiger partial charge in [0.1, 0.15) is 29.9 Å². The minimum absolute atomic E-state index is 0.0200. The lowest BCUT2D eigenvalue weighted by Gasteiger charge is -2.24. The molecule has 8 N–H and O–H groups in total. The van der Waals surface area contributed by atoms with E-state index in [1.165, 1.54) is 41.4 Å². The molecule has 135 heavy (non-hydrogen) atoms. The fraction of sp³-hybridized carbons (Fsp3) is 0.192. The van der Waals surface area contributed by atoms with Crippen molar-refractivity contribution >= 4 is 172 Å². The molecule has 690 valence electrons. The Balaban J connectivity index is 0.000000150. The third-order valence-corrected chi connectivity index (χ3v) is 22.6. The number of halogens is 5. The number of ketones is 1. The molecule has 31 nitrogen and oxygen atoms in total. The van der Waals surface area contributed by atoms with Crippen LogP contribution >= 0.6 is 69.0 Å². The number of carbonyl (C=O) groups is 8. The van der Waals surface area contributed by atoms with Gasteiger partial charge in [0.05, 0.1) is 150 Å². The number of nitrogens with two attached hydrogens (primary N) is 2. The van der Waals surface area contributed by atoms with E-state index in [0.29, 0.717) is 109 Å². The molecular weight excluding hydrogens is 1920 g/mol. The average Bonchev–Trinajstić information content (AvgIpc) is 1.67. The molecule has 0 saturated carbocycles. The molecule has 0 aliphatic carbocycles. The van der Waals surface area contributed by atoms with Crippen LogP contribution in [-0.2, 0) is 39.7 Å². The Labute approximate surface area is 809 Å². The van der Waals surface area contributed by atoms with E-state index in [-0.39, 0.29) is 48.0 Å². The molecule has 5 aromatic carbocycles. The SMILES string of the molecule is C=CC(=O)N1CCC(c2cc3cn[nH]c3c(-c3ccc(C(=O)Cc4ccccn4)cc3)n2)C1.COC(=O)c1ccc(-c2nc(C3=CCN(C(=O)OC(C)(C)C)C3)cc3cn[nH]c23)cc1.COC(=O)c1ccc(-c2nc(Cl)cc(C)c2N)cc1.COC(=O)c1ccc(-c2nc(Cl)cc(C)c2NC(C)=O)cc1.COC(=O)c1ccc(-c2nc(Cl)cc3cn[nH]c23)cc1.Cc1cc(Cl)nc(I)c1N. The number of methoxy groups -OCH3 is 4. The first-order chi connectivity index (χ1) is 64.6. The number of likely N-dealkylation sites (tertiary alicyclic amines) is 1. The lowest BCUT2D eigenvalue weighted by Crippen LogP contribution is -2.35. The summed E-state index contributed by atoms with van der Waals surface area (Å²) in [7, 11) is 5.37. The van der Waals surface area contributed by atoms with Crippen molar-refractivity contribution in [1.82, 2.24) is 75.3 Å². The van der Waals surface area contributed by atoms with Gasteiger partial charge in [-0.15, -0.1) is 0 Å². The number of rotatable bonds is 16. The molecule has 1 saturated heterocycles. The normalized spacial score (nSPS) is 12.4. The number of pyridine rings is 7. The van der Waals surface area contributed by atoms with Crippen LogP contribution in [-0.4, -0.2) is 183 Å². The van der Waals surface area contributed by atoms with Crippen molar-refractivity contribution in [2.45, 2.75) is 72.8 Å². The number of H-pyrrole nitrogens is 3. The molecule has 0 radical (unpaired) electrons. The number of hydrogen-bond donors (Lipinski definition) is 6. The molecule has 2 aliphatic rings. The van der Waals surface area contributed by atoms with Crippen LogP contribution in [0, 0.1) is 24.5 Å². The largest absolute Gasteiger partial charge is 0.465 e. The number of aryl methyl sites for hydroxylation is 3. The summed E-state index contributed by atoms with van der Waals surface area (Å²) in [6.45, 7) is 18.4. The van der Waals surface area contributed by atoms with E-state index in [2.05, 4.69) is 104 Å². The highest BCUT2D eigenvalue weighted by Gasteiger charge is 2.31. The van der Waals surface area contributed by atoms with E-state index in [1.54, 1.807) is 144 Å². The van der Waals surface area contributed by atoms with Crippen LogP contribution in [0.25, 0.3) is 94.6 Å². The van der Waals surface area contributed by atoms with Gasteiger partial charge in [0.15, 0.2) is 5.78 Å². The van der Waals surface area contributed by atoms with E-state index >= 15 is 0 Å². The Kier molecular flexibility index (Phi) is 33.2. The third-order valence-electron chi connectivity index (χ3n) is 21.0. The van der Waals surface area contributed by atoms with Gasteiger partial charge in [-0.05, 0) is 196 Å². The minimum Gasteiger partial charge on any atom is -0.465 e. The third kappa shape index (κ3) is 25.4. The molecule has 1 fully saturated rings. The number of carbonyl (C=O) groups excluding carboxylic acids is 8. The zero-order valence-corrected chi connectivity index (χ0v) is 80.1. The van der Waals surface area contributed by atoms with E-state index in [1.807, 2.05) is 114 Å². The van der Waals surface area contributed by atoms with E-state index in [4.69, 9.17) is 77.3 Å². The van der Waals surface area contributed by atoms with Crippen molar-refractivity contribution in [3.05, 3.63) is 305 Å². The summed E-state index contributed by atoms with van der Waals surface area (Å²) in [6.07, 6.45) is 11.0. The molecule has 2 aliphatic heterocycles. The van der Waals surface area contributed by atoms with Gasteiger partial charge in [0, 0.05) is 99.6 Å². The number of anilines is 3. The first kappa shape index (κ1) is 99.3. The van der Waals surface area contributed by atoms with Gasteiger partial charge in [-0.3, -0.25) is 39.6 Å². The number of esters is 4. The monoisotopic (exact) mass is 2010 g/mol. The molecule has 17 rings (SSSR count). The van der Waals surface area contributed by atoms with Crippen molar-refractivity contribution in [1.29, 1.82) is 0 Å². The summed E-state index contributed by atoms with van der Waals surface area (Å²) in [5.41, 5.74) is 31.5. The minimum atomic E-state index is -0.544. The Morgan fingerprint density at radius 3 is 1.41 bits per heavy atom. The summed E-state index contributed by atoms with van der Waals surface area (Å²) in [4.78, 5) is 129. The molecule has 36 heteroatoms. The highest BCUT2D eigenvalue weighted by molar-refractivity contribution is 14.1.